The van der Waals surface area contributed by atoms with Crippen LogP contribution in [-0.2, 0) is 6.61 Å². The van der Waals surface area contributed by atoms with Gasteiger partial charge in [0.15, 0.2) is 23.4 Å². The van der Waals surface area contributed by atoms with Crippen LogP contribution in [0.5, 0.6) is 17.4 Å². The first-order valence-corrected chi connectivity index (χ1v) is 12.5. The third-order valence-electron chi connectivity index (χ3n) is 5.50. The van der Waals surface area contributed by atoms with Crippen molar-refractivity contribution in [2.75, 3.05) is 18.2 Å². The first-order chi connectivity index (χ1) is 17.2. The average molecular weight is 487 g/mol. The van der Waals surface area contributed by atoms with E-state index in [9.17, 15) is 0 Å². The molecule has 4 aromatic rings. The summed E-state index contributed by atoms with van der Waals surface area (Å²) in [5, 5.41) is 12.9. The van der Waals surface area contributed by atoms with Crippen LogP contribution in [0.25, 0.3) is 11.3 Å². The number of ether oxygens (including phenoxy) is 3. The Bertz CT molecular complexity index is 1300. The molecule has 178 valence electrons. The third kappa shape index (κ3) is 5.17. The molecule has 0 unspecified atom stereocenters. The summed E-state index contributed by atoms with van der Waals surface area (Å²) in [6.07, 6.45) is 0.521. The zero-order valence-corrected chi connectivity index (χ0v) is 20.4. The predicted molar refractivity (Wildman–Crippen MR) is 137 cm³/mol. The van der Waals surface area contributed by atoms with Gasteiger partial charge in [0.25, 0.3) is 0 Å². The van der Waals surface area contributed by atoms with Gasteiger partial charge in [-0.2, -0.15) is 4.98 Å². The van der Waals surface area contributed by atoms with E-state index in [2.05, 4.69) is 27.4 Å². The molecule has 1 aliphatic rings. The van der Waals surface area contributed by atoms with Gasteiger partial charge in [-0.1, -0.05) is 67.2 Å². The summed E-state index contributed by atoms with van der Waals surface area (Å²) in [5.74, 6) is 2.66. The largest absolute Gasteiger partial charge is 0.493 e. The van der Waals surface area contributed by atoms with E-state index in [-0.39, 0.29) is 0 Å². The Labute approximate surface area is 208 Å². The minimum Gasteiger partial charge on any atom is -0.493 e. The van der Waals surface area contributed by atoms with Gasteiger partial charge in [0.1, 0.15) is 6.61 Å². The Hall–Kier alpha value is -3.78. The van der Waals surface area contributed by atoms with Crippen LogP contribution in [0.1, 0.15) is 30.7 Å². The standard InChI is InChI=1S/C27H26N4O3S/c1-3-15-35-27-29-26-24(30-31-27)20-11-7-8-12-21(20)28-25(34-26)19-13-14-22(23(16-19)32-2)33-17-18-9-5-4-6-10-18/h4-14,16,25,28H,3,15,17H2,1-2H3/t25-/m1/s1. The molecule has 0 spiro atoms. The number of thioether (sulfide) groups is 1. The second-order valence-electron chi connectivity index (χ2n) is 7.97. The molecule has 0 saturated carbocycles. The fourth-order valence-corrected chi connectivity index (χ4v) is 4.39. The molecule has 5 rings (SSSR count). The first kappa shape index (κ1) is 23.0. The number of hydrogen-bond donors (Lipinski definition) is 1. The zero-order valence-electron chi connectivity index (χ0n) is 19.6. The number of para-hydroxylation sites is 1. The molecule has 0 bridgehead atoms. The highest BCUT2D eigenvalue weighted by atomic mass is 32.2. The highest BCUT2D eigenvalue weighted by molar-refractivity contribution is 7.99. The summed E-state index contributed by atoms with van der Waals surface area (Å²) >= 11 is 1.57. The Balaban J connectivity index is 1.45. The minimum atomic E-state index is -0.504. The first-order valence-electron chi connectivity index (χ1n) is 11.5. The van der Waals surface area contributed by atoms with Gasteiger partial charge in [-0.3, -0.25) is 0 Å². The molecule has 0 amide bonds. The molecule has 8 heteroatoms. The summed E-state index contributed by atoms with van der Waals surface area (Å²) in [6, 6.07) is 23.8. The number of anilines is 1. The van der Waals surface area contributed by atoms with Crippen LogP contribution in [0.3, 0.4) is 0 Å². The third-order valence-corrected chi connectivity index (χ3v) is 6.54. The van der Waals surface area contributed by atoms with Crippen molar-refractivity contribution in [3.63, 3.8) is 0 Å². The van der Waals surface area contributed by atoms with E-state index < -0.39 is 6.23 Å². The highest BCUT2D eigenvalue weighted by Gasteiger charge is 2.26. The van der Waals surface area contributed by atoms with E-state index in [0.29, 0.717) is 34.8 Å². The number of fused-ring (bicyclic) bond motifs is 3. The van der Waals surface area contributed by atoms with E-state index in [0.717, 1.165) is 34.6 Å². The van der Waals surface area contributed by atoms with Gasteiger partial charge in [0, 0.05) is 22.6 Å². The minimum absolute atomic E-state index is 0.449. The number of methoxy groups -OCH3 is 1. The lowest BCUT2D eigenvalue weighted by atomic mass is 10.1. The van der Waals surface area contributed by atoms with E-state index in [1.807, 2.05) is 72.8 Å². The van der Waals surface area contributed by atoms with Crippen molar-refractivity contribution >= 4 is 17.4 Å². The van der Waals surface area contributed by atoms with Gasteiger partial charge in [-0.25, -0.2) is 0 Å². The van der Waals surface area contributed by atoms with Gasteiger partial charge < -0.3 is 19.5 Å². The Morgan fingerprint density at radius 3 is 2.63 bits per heavy atom. The summed E-state index contributed by atoms with van der Waals surface area (Å²) in [6.45, 7) is 2.58. The summed E-state index contributed by atoms with van der Waals surface area (Å²) in [7, 11) is 1.63. The molecule has 0 aliphatic carbocycles. The lowest BCUT2D eigenvalue weighted by molar-refractivity contribution is 0.224. The van der Waals surface area contributed by atoms with E-state index in [1.165, 1.54) is 0 Å². The van der Waals surface area contributed by atoms with Crippen LogP contribution in [0, 0.1) is 0 Å². The number of aromatic nitrogens is 3. The molecule has 7 nitrogen and oxygen atoms in total. The lowest BCUT2D eigenvalue weighted by Crippen LogP contribution is -2.17. The number of hydrogen-bond acceptors (Lipinski definition) is 8. The molecule has 0 saturated heterocycles. The zero-order chi connectivity index (χ0) is 24.0. The van der Waals surface area contributed by atoms with Gasteiger partial charge in [-0.15, -0.1) is 10.2 Å². The Morgan fingerprint density at radius 1 is 0.971 bits per heavy atom. The molecule has 2 heterocycles. The Morgan fingerprint density at radius 2 is 1.80 bits per heavy atom. The molecule has 35 heavy (non-hydrogen) atoms. The fourth-order valence-electron chi connectivity index (χ4n) is 3.75. The van der Waals surface area contributed by atoms with Crippen molar-refractivity contribution in [2.24, 2.45) is 0 Å². The quantitative estimate of drug-likeness (QED) is 0.298. The molecular weight excluding hydrogens is 460 g/mol. The van der Waals surface area contributed by atoms with Gasteiger partial charge in [-0.05, 0) is 36.2 Å². The average Bonchev–Trinajstić information content (AvgIpc) is 3.07. The lowest BCUT2D eigenvalue weighted by Gasteiger charge is -2.21. The van der Waals surface area contributed by atoms with Crippen molar-refractivity contribution in [1.82, 2.24) is 15.2 Å². The van der Waals surface area contributed by atoms with E-state index in [4.69, 9.17) is 14.2 Å². The number of nitrogens with zero attached hydrogens (tertiary/aromatic N) is 3. The van der Waals surface area contributed by atoms with Crippen LogP contribution < -0.4 is 19.5 Å². The van der Waals surface area contributed by atoms with Crippen molar-refractivity contribution < 1.29 is 14.2 Å². The maximum atomic E-state index is 6.38. The summed E-state index contributed by atoms with van der Waals surface area (Å²) < 4.78 is 18.1. The van der Waals surface area contributed by atoms with Crippen LogP contribution >= 0.6 is 11.8 Å². The second kappa shape index (κ2) is 10.7. The van der Waals surface area contributed by atoms with Crippen molar-refractivity contribution in [2.45, 2.75) is 31.3 Å². The van der Waals surface area contributed by atoms with Crippen LogP contribution in [0.15, 0.2) is 78.0 Å². The monoisotopic (exact) mass is 486 g/mol. The smallest absolute Gasteiger partial charge is 0.247 e. The van der Waals surface area contributed by atoms with Crippen LogP contribution in [-0.4, -0.2) is 28.0 Å². The maximum Gasteiger partial charge on any atom is 0.247 e. The number of benzene rings is 3. The topological polar surface area (TPSA) is 78.4 Å². The maximum absolute atomic E-state index is 6.38. The van der Waals surface area contributed by atoms with Gasteiger partial charge in [0.2, 0.25) is 11.0 Å². The normalized spacial score (nSPS) is 14.1. The van der Waals surface area contributed by atoms with E-state index in [1.54, 1.807) is 18.9 Å². The van der Waals surface area contributed by atoms with Gasteiger partial charge >= 0.3 is 0 Å². The van der Waals surface area contributed by atoms with Crippen molar-refractivity contribution in [1.29, 1.82) is 0 Å². The molecule has 1 N–H and O–H groups in total. The van der Waals surface area contributed by atoms with Crippen molar-refractivity contribution in [3.8, 4) is 28.6 Å². The van der Waals surface area contributed by atoms with E-state index >= 15 is 0 Å². The summed E-state index contributed by atoms with van der Waals surface area (Å²) in [5.41, 5.74) is 4.37. The second-order valence-corrected chi connectivity index (χ2v) is 9.03. The molecule has 1 atom stereocenters. The molecule has 3 aromatic carbocycles. The SMILES string of the molecule is CCCSc1nnc2c(n1)O[C@H](c1ccc(OCc3ccccc3)c(OC)c1)Nc1ccccc1-2. The summed E-state index contributed by atoms with van der Waals surface area (Å²) in [4.78, 5) is 4.68. The highest BCUT2D eigenvalue weighted by Crippen LogP contribution is 2.41. The van der Waals surface area contributed by atoms with Crippen LogP contribution in [0.2, 0.25) is 0 Å². The van der Waals surface area contributed by atoms with Crippen molar-refractivity contribution in [3.05, 3.63) is 83.9 Å². The molecular formula is C27H26N4O3S. The molecule has 0 fully saturated rings. The fraction of sp³-hybridized carbons (Fsp3) is 0.222. The number of rotatable bonds is 8. The molecule has 0 radical (unpaired) electrons. The Kier molecular flexibility index (Phi) is 6.99. The number of nitrogens with one attached hydrogen (secondary N) is 1. The van der Waals surface area contributed by atoms with Gasteiger partial charge in [0.05, 0.1) is 7.11 Å². The molecule has 1 aliphatic heterocycles. The molecule has 1 aromatic heterocycles. The predicted octanol–water partition coefficient (Wildman–Crippen LogP) is 6.13. The van der Waals surface area contributed by atoms with Crippen LogP contribution in [0.4, 0.5) is 5.69 Å².